The lowest BCUT2D eigenvalue weighted by atomic mass is 10.1. The molecule has 5 nitrogen and oxygen atoms in total. The first kappa shape index (κ1) is 19.3. The maximum atomic E-state index is 13.5. The number of thiazole rings is 1. The fourth-order valence-electron chi connectivity index (χ4n) is 3.16. The zero-order valence-corrected chi connectivity index (χ0v) is 16.9. The van der Waals surface area contributed by atoms with Gasteiger partial charge in [-0.15, -0.1) is 16.4 Å². The van der Waals surface area contributed by atoms with Crippen molar-refractivity contribution in [2.75, 3.05) is 6.54 Å². The molecule has 0 aliphatic carbocycles. The van der Waals surface area contributed by atoms with Crippen molar-refractivity contribution in [1.82, 2.24) is 19.9 Å². The molecule has 1 amide bonds. The topological polar surface area (TPSA) is 59.3 Å². The first-order valence-corrected chi connectivity index (χ1v) is 10.5. The molecule has 29 heavy (non-hydrogen) atoms. The van der Waals surface area contributed by atoms with Gasteiger partial charge in [0, 0.05) is 29.5 Å². The molecule has 1 N–H and O–H groups in total. The van der Waals surface area contributed by atoms with E-state index in [1.54, 1.807) is 16.6 Å². The number of aryl methyl sites for hydroxylation is 1. The summed E-state index contributed by atoms with van der Waals surface area (Å²) < 4.78 is 15.2. The number of carbonyl (C=O) groups is 1. The Morgan fingerprint density at radius 3 is 2.76 bits per heavy atom. The van der Waals surface area contributed by atoms with Crippen molar-refractivity contribution in [2.24, 2.45) is 0 Å². The Bertz CT molecular complexity index is 1130. The normalized spacial score (nSPS) is 11.1. The first-order chi connectivity index (χ1) is 14.1. The molecule has 0 atom stereocenters. The van der Waals surface area contributed by atoms with E-state index in [1.165, 1.54) is 29.0 Å². The monoisotopic (exact) mass is 408 g/mol. The highest BCUT2D eigenvalue weighted by atomic mass is 32.1. The second-order valence-electron chi connectivity index (χ2n) is 6.82. The molecule has 7 heteroatoms. The zero-order valence-electron chi connectivity index (χ0n) is 16.1. The molecule has 4 aromatic rings. The third kappa shape index (κ3) is 4.35. The highest BCUT2D eigenvalue weighted by molar-refractivity contribution is 7.15. The Balaban J connectivity index is 1.40. The van der Waals surface area contributed by atoms with Crippen LogP contribution in [0.25, 0.3) is 16.3 Å². The Morgan fingerprint density at radius 2 is 2.00 bits per heavy atom. The number of rotatable bonds is 7. The van der Waals surface area contributed by atoms with E-state index in [4.69, 9.17) is 0 Å². The lowest BCUT2D eigenvalue weighted by Crippen LogP contribution is -2.26. The molecule has 0 spiro atoms. The number of nitrogens with one attached hydrogen (secondary N) is 1. The van der Waals surface area contributed by atoms with E-state index in [-0.39, 0.29) is 11.7 Å². The minimum Gasteiger partial charge on any atom is -0.352 e. The number of benzene rings is 2. The molecule has 0 saturated carbocycles. The van der Waals surface area contributed by atoms with E-state index in [1.807, 2.05) is 29.6 Å². The summed E-state index contributed by atoms with van der Waals surface area (Å²) in [7, 11) is 0. The summed E-state index contributed by atoms with van der Waals surface area (Å²) in [5.74, 6) is 0.0960. The highest BCUT2D eigenvalue weighted by Crippen LogP contribution is 2.21. The van der Waals surface area contributed by atoms with E-state index >= 15 is 0 Å². The molecule has 2 aromatic carbocycles. The van der Waals surface area contributed by atoms with Gasteiger partial charge in [-0.25, -0.2) is 8.91 Å². The lowest BCUT2D eigenvalue weighted by molar-refractivity contribution is 0.0954. The SMILES string of the molecule is CCCc1ccc(C(=O)NCCc2csc3nc(-c4cccc(F)c4)nn23)cc1. The molecule has 0 fully saturated rings. The number of nitrogens with zero attached hydrogens (tertiary/aromatic N) is 3. The van der Waals surface area contributed by atoms with Crippen LogP contribution < -0.4 is 5.32 Å². The van der Waals surface area contributed by atoms with Crippen LogP contribution in [-0.4, -0.2) is 27.0 Å². The van der Waals surface area contributed by atoms with Crippen LogP contribution in [0.5, 0.6) is 0 Å². The van der Waals surface area contributed by atoms with Gasteiger partial charge in [-0.05, 0) is 36.2 Å². The van der Waals surface area contributed by atoms with Gasteiger partial charge in [0.1, 0.15) is 5.82 Å². The van der Waals surface area contributed by atoms with Crippen LogP contribution in [0.2, 0.25) is 0 Å². The van der Waals surface area contributed by atoms with Crippen molar-refractivity contribution < 1.29 is 9.18 Å². The third-order valence-corrected chi connectivity index (χ3v) is 5.52. The molecule has 2 aromatic heterocycles. The summed E-state index contributed by atoms with van der Waals surface area (Å²) in [5.41, 5.74) is 3.50. The van der Waals surface area contributed by atoms with Crippen molar-refractivity contribution >= 4 is 22.2 Å². The Morgan fingerprint density at radius 1 is 1.17 bits per heavy atom. The van der Waals surface area contributed by atoms with Crippen molar-refractivity contribution in [3.8, 4) is 11.4 Å². The number of hydrogen-bond acceptors (Lipinski definition) is 4. The van der Waals surface area contributed by atoms with Crippen LogP contribution >= 0.6 is 11.3 Å². The standard InChI is InChI=1S/C22H21FN4OS/c1-2-4-15-7-9-16(10-8-15)21(28)24-12-11-19-14-29-22-25-20(26-27(19)22)17-5-3-6-18(23)13-17/h3,5-10,13-14H,2,4,11-12H2,1H3,(H,24,28). The minimum atomic E-state index is -0.314. The summed E-state index contributed by atoms with van der Waals surface area (Å²) in [5, 5.41) is 9.44. The molecule has 0 bridgehead atoms. The molecule has 148 valence electrons. The maximum absolute atomic E-state index is 13.5. The van der Waals surface area contributed by atoms with E-state index in [0.717, 1.165) is 23.5 Å². The molecule has 0 saturated heterocycles. The van der Waals surface area contributed by atoms with Crippen LogP contribution in [-0.2, 0) is 12.8 Å². The fraction of sp³-hybridized carbons (Fsp3) is 0.227. The van der Waals surface area contributed by atoms with Crippen molar-refractivity contribution in [1.29, 1.82) is 0 Å². The number of hydrogen-bond donors (Lipinski definition) is 1. The average Bonchev–Trinajstić information content (AvgIpc) is 3.30. The summed E-state index contributed by atoms with van der Waals surface area (Å²) in [6, 6.07) is 14.0. The zero-order chi connectivity index (χ0) is 20.2. The molecular formula is C22H21FN4OS. The predicted molar refractivity (Wildman–Crippen MR) is 113 cm³/mol. The van der Waals surface area contributed by atoms with Gasteiger partial charge in [0.25, 0.3) is 5.91 Å². The Labute approximate surface area is 172 Å². The van der Waals surface area contributed by atoms with E-state index in [0.29, 0.717) is 29.9 Å². The van der Waals surface area contributed by atoms with E-state index in [2.05, 4.69) is 22.3 Å². The quantitative estimate of drug-likeness (QED) is 0.489. The van der Waals surface area contributed by atoms with Crippen LogP contribution in [0.3, 0.4) is 0 Å². The second-order valence-corrected chi connectivity index (χ2v) is 7.66. The number of halogens is 1. The molecule has 2 heterocycles. The van der Waals surface area contributed by atoms with Gasteiger partial charge in [-0.2, -0.15) is 4.98 Å². The number of aromatic nitrogens is 3. The van der Waals surface area contributed by atoms with Gasteiger partial charge in [-0.3, -0.25) is 4.79 Å². The number of amides is 1. The largest absolute Gasteiger partial charge is 0.352 e. The van der Waals surface area contributed by atoms with E-state index < -0.39 is 0 Å². The summed E-state index contributed by atoms with van der Waals surface area (Å²) in [4.78, 5) is 17.6. The van der Waals surface area contributed by atoms with Gasteiger partial charge in [0.05, 0.1) is 5.69 Å². The van der Waals surface area contributed by atoms with Crippen LogP contribution in [0.4, 0.5) is 4.39 Å². The van der Waals surface area contributed by atoms with E-state index in [9.17, 15) is 9.18 Å². The third-order valence-electron chi connectivity index (χ3n) is 4.65. The van der Waals surface area contributed by atoms with Gasteiger partial charge < -0.3 is 5.32 Å². The molecule has 0 unspecified atom stereocenters. The predicted octanol–water partition coefficient (Wildman–Crippen LogP) is 4.52. The average molecular weight is 409 g/mol. The molecule has 0 radical (unpaired) electrons. The minimum absolute atomic E-state index is 0.0847. The van der Waals surface area contributed by atoms with Gasteiger partial charge >= 0.3 is 0 Å². The van der Waals surface area contributed by atoms with Crippen LogP contribution in [0.15, 0.2) is 53.9 Å². The lowest BCUT2D eigenvalue weighted by Gasteiger charge is -2.06. The van der Waals surface area contributed by atoms with Crippen LogP contribution in [0, 0.1) is 5.82 Å². The van der Waals surface area contributed by atoms with Crippen LogP contribution in [0.1, 0.15) is 35.0 Å². The second kappa shape index (κ2) is 8.53. The summed E-state index contributed by atoms with van der Waals surface area (Å²) in [6.07, 6.45) is 2.74. The maximum Gasteiger partial charge on any atom is 0.251 e. The van der Waals surface area contributed by atoms with Crippen molar-refractivity contribution in [2.45, 2.75) is 26.2 Å². The highest BCUT2D eigenvalue weighted by Gasteiger charge is 2.12. The molecular weight excluding hydrogens is 387 g/mol. The molecule has 0 aliphatic rings. The van der Waals surface area contributed by atoms with Crippen molar-refractivity contribution in [3.05, 3.63) is 76.5 Å². The smallest absolute Gasteiger partial charge is 0.251 e. The Hall–Kier alpha value is -3.06. The Kier molecular flexibility index (Phi) is 5.67. The van der Waals surface area contributed by atoms with Crippen molar-refractivity contribution in [3.63, 3.8) is 0 Å². The molecule has 0 aliphatic heterocycles. The number of carbonyl (C=O) groups excluding carboxylic acids is 1. The summed E-state index contributed by atoms with van der Waals surface area (Å²) in [6.45, 7) is 2.63. The summed E-state index contributed by atoms with van der Waals surface area (Å²) >= 11 is 1.48. The van der Waals surface area contributed by atoms with Gasteiger partial charge in [0.2, 0.25) is 4.96 Å². The molecule has 4 rings (SSSR count). The van der Waals surface area contributed by atoms with Gasteiger partial charge in [-0.1, -0.05) is 37.6 Å². The number of fused-ring (bicyclic) bond motifs is 1. The van der Waals surface area contributed by atoms with Gasteiger partial charge in [0.15, 0.2) is 5.82 Å². The fourth-order valence-corrected chi connectivity index (χ4v) is 4.02. The first-order valence-electron chi connectivity index (χ1n) is 9.60.